The zero-order valence-electron chi connectivity index (χ0n) is 18.4. The highest BCUT2D eigenvalue weighted by Gasteiger charge is 2.15. The number of benzene rings is 2. The van der Waals surface area contributed by atoms with E-state index in [9.17, 15) is 9.90 Å². The summed E-state index contributed by atoms with van der Waals surface area (Å²) < 4.78 is 13.6. The Balaban J connectivity index is 1.41. The van der Waals surface area contributed by atoms with Gasteiger partial charge in [-0.15, -0.1) is 11.3 Å². The Morgan fingerprint density at radius 3 is 2.61 bits per heavy atom. The number of methoxy groups -OCH3 is 1. The molecule has 1 saturated heterocycles. The molecular formula is C25H25N3O4S. The molecule has 0 spiro atoms. The van der Waals surface area contributed by atoms with Crippen LogP contribution in [0.5, 0.6) is 17.2 Å². The van der Waals surface area contributed by atoms with Crippen molar-refractivity contribution in [2.75, 3.05) is 33.4 Å². The molecular weight excluding hydrogens is 438 g/mol. The summed E-state index contributed by atoms with van der Waals surface area (Å²) in [5, 5.41) is 9.53. The maximum absolute atomic E-state index is 13.2. The topological polar surface area (TPSA) is 76.8 Å². The predicted molar refractivity (Wildman–Crippen MR) is 130 cm³/mol. The van der Waals surface area contributed by atoms with E-state index in [4.69, 9.17) is 9.47 Å². The van der Waals surface area contributed by atoms with Crippen LogP contribution in [0.25, 0.3) is 26.3 Å². The third-order valence-corrected chi connectivity index (χ3v) is 7.04. The van der Waals surface area contributed by atoms with Gasteiger partial charge in [0.25, 0.3) is 5.56 Å². The number of hydrogen-bond donors (Lipinski definition) is 1. The number of rotatable bonds is 7. The van der Waals surface area contributed by atoms with E-state index < -0.39 is 0 Å². The van der Waals surface area contributed by atoms with Gasteiger partial charge in [-0.1, -0.05) is 0 Å². The molecule has 1 aliphatic heterocycles. The van der Waals surface area contributed by atoms with E-state index >= 15 is 0 Å². The Bertz CT molecular complexity index is 1320. The molecule has 1 N–H and O–H groups in total. The molecule has 0 radical (unpaired) electrons. The molecule has 0 unspecified atom stereocenters. The number of likely N-dealkylation sites (tertiary alicyclic amines) is 1. The molecule has 4 aromatic rings. The fraction of sp³-hybridized carbons (Fsp3) is 0.280. The highest BCUT2D eigenvalue weighted by Crippen LogP contribution is 2.33. The lowest BCUT2D eigenvalue weighted by Gasteiger charge is -2.17. The van der Waals surface area contributed by atoms with E-state index in [0.717, 1.165) is 30.1 Å². The number of thiophene rings is 1. The lowest BCUT2D eigenvalue weighted by atomic mass is 10.2. The quantitative estimate of drug-likeness (QED) is 0.440. The molecule has 33 heavy (non-hydrogen) atoms. The van der Waals surface area contributed by atoms with Crippen molar-refractivity contribution in [2.45, 2.75) is 12.8 Å². The van der Waals surface area contributed by atoms with Crippen molar-refractivity contribution in [3.05, 3.63) is 65.2 Å². The van der Waals surface area contributed by atoms with Crippen LogP contribution >= 0.6 is 11.3 Å². The zero-order chi connectivity index (χ0) is 22.8. The summed E-state index contributed by atoms with van der Waals surface area (Å²) in [6.45, 7) is 3.76. The summed E-state index contributed by atoms with van der Waals surface area (Å²) in [6, 6.07) is 14.3. The van der Waals surface area contributed by atoms with Crippen LogP contribution in [0.15, 0.2) is 59.7 Å². The smallest absolute Gasteiger partial charge is 0.275 e. The van der Waals surface area contributed by atoms with E-state index in [2.05, 4.69) is 9.88 Å². The molecule has 0 amide bonds. The van der Waals surface area contributed by atoms with E-state index in [-0.39, 0.29) is 11.3 Å². The number of aromatic hydroxyl groups is 1. The van der Waals surface area contributed by atoms with Crippen LogP contribution in [0, 0.1) is 0 Å². The second-order valence-corrected chi connectivity index (χ2v) is 9.08. The molecule has 8 heteroatoms. The van der Waals surface area contributed by atoms with E-state index in [1.807, 2.05) is 30.3 Å². The molecule has 7 nitrogen and oxygen atoms in total. The Morgan fingerprint density at radius 1 is 1.06 bits per heavy atom. The van der Waals surface area contributed by atoms with Gasteiger partial charge >= 0.3 is 0 Å². The molecule has 0 saturated carbocycles. The van der Waals surface area contributed by atoms with Gasteiger partial charge in [-0.05, 0) is 74.0 Å². The fourth-order valence-electron chi connectivity index (χ4n) is 4.08. The van der Waals surface area contributed by atoms with Gasteiger partial charge < -0.3 is 14.6 Å². The predicted octanol–water partition coefficient (Wildman–Crippen LogP) is 4.30. The first-order chi connectivity index (χ1) is 16.1. The molecule has 0 aliphatic carbocycles. The Hall–Kier alpha value is -3.36. The summed E-state index contributed by atoms with van der Waals surface area (Å²) in [5.74, 6) is 1.45. The molecule has 1 fully saturated rings. The fourth-order valence-corrected chi connectivity index (χ4v) is 5.13. The van der Waals surface area contributed by atoms with Crippen molar-refractivity contribution < 1.29 is 14.6 Å². The van der Waals surface area contributed by atoms with Crippen LogP contribution < -0.4 is 15.0 Å². The van der Waals surface area contributed by atoms with Gasteiger partial charge in [0.1, 0.15) is 23.4 Å². The zero-order valence-corrected chi connectivity index (χ0v) is 19.2. The summed E-state index contributed by atoms with van der Waals surface area (Å²) in [4.78, 5) is 21.1. The minimum absolute atomic E-state index is 0.139. The lowest BCUT2D eigenvalue weighted by Crippen LogP contribution is -2.25. The number of ether oxygens (including phenoxy) is 2. The van der Waals surface area contributed by atoms with Crippen molar-refractivity contribution in [3.8, 4) is 33.4 Å². The van der Waals surface area contributed by atoms with Crippen molar-refractivity contribution in [2.24, 2.45) is 0 Å². The SMILES string of the molecule is COc1cc(-n2cnc3cc(-c4ccc(O)cc4)sc3c2=O)ccc1OCCN1CCCC1. The molecule has 1 aliphatic rings. The minimum Gasteiger partial charge on any atom is -0.508 e. The molecule has 170 valence electrons. The molecule has 0 atom stereocenters. The number of hydrogen-bond acceptors (Lipinski definition) is 7. The summed E-state index contributed by atoms with van der Waals surface area (Å²) in [6.07, 6.45) is 4.05. The molecule has 0 bridgehead atoms. The normalized spacial score (nSPS) is 14.1. The van der Waals surface area contributed by atoms with Gasteiger partial charge in [-0.2, -0.15) is 0 Å². The summed E-state index contributed by atoms with van der Waals surface area (Å²) in [7, 11) is 1.60. The lowest BCUT2D eigenvalue weighted by molar-refractivity contribution is 0.230. The van der Waals surface area contributed by atoms with Crippen molar-refractivity contribution >= 4 is 21.6 Å². The first-order valence-corrected chi connectivity index (χ1v) is 11.8. The number of phenols is 1. The Labute approximate surface area is 195 Å². The summed E-state index contributed by atoms with van der Waals surface area (Å²) >= 11 is 1.39. The van der Waals surface area contributed by atoms with E-state index in [1.54, 1.807) is 31.6 Å². The number of phenolic OH excluding ortho intramolecular Hbond substituents is 1. The van der Waals surface area contributed by atoms with Gasteiger partial charge in [0, 0.05) is 17.5 Å². The summed E-state index contributed by atoms with van der Waals surface area (Å²) in [5.41, 5.74) is 2.11. The standard InChI is InChI=1S/C25H25N3O4S/c1-31-22-14-18(6-9-21(22)32-13-12-27-10-2-3-11-27)28-16-26-20-15-23(33-24(20)25(28)30)17-4-7-19(29)8-5-17/h4-9,14-16,29H,2-3,10-13H2,1H3. The maximum atomic E-state index is 13.2. The largest absolute Gasteiger partial charge is 0.508 e. The maximum Gasteiger partial charge on any atom is 0.275 e. The Kier molecular flexibility index (Phi) is 6.02. The van der Waals surface area contributed by atoms with Crippen molar-refractivity contribution in [1.29, 1.82) is 0 Å². The monoisotopic (exact) mass is 463 g/mol. The third kappa shape index (κ3) is 4.44. The average Bonchev–Trinajstić information content (AvgIpc) is 3.51. The number of nitrogens with zero attached hydrogens (tertiary/aromatic N) is 3. The highest BCUT2D eigenvalue weighted by molar-refractivity contribution is 7.22. The second-order valence-electron chi connectivity index (χ2n) is 8.02. The van der Waals surface area contributed by atoms with Crippen LogP contribution in [0.3, 0.4) is 0 Å². The molecule has 5 rings (SSSR count). The van der Waals surface area contributed by atoms with Gasteiger partial charge in [0.05, 0.1) is 18.3 Å². The van der Waals surface area contributed by atoms with Crippen LogP contribution in [0.4, 0.5) is 0 Å². The van der Waals surface area contributed by atoms with Gasteiger partial charge in [-0.25, -0.2) is 4.98 Å². The van der Waals surface area contributed by atoms with Crippen LogP contribution in [-0.2, 0) is 0 Å². The second kappa shape index (κ2) is 9.25. The Morgan fingerprint density at radius 2 is 1.85 bits per heavy atom. The minimum atomic E-state index is -0.139. The first-order valence-electron chi connectivity index (χ1n) is 11.0. The van der Waals surface area contributed by atoms with E-state index in [0.29, 0.717) is 34.0 Å². The number of fused-ring (bicyclic) bond motifs is 1. The van der Waals surface area contributed by atoms with Crippen LogP contribution in [0.2, 0.25) is 0 Å². The first kappa shape index (κ1) is 21.5. The van der Waals surface area contributed by atoms with E-state index in [1.165, 1.54) is 28.7 Å². The molecule has 2 aromatic carbocycles. The van der Waals surface area contributed by atoms with Crippen LogP contribution in [-0.4, -0.2) is 52.9 Å². The van der Waals surface area contributed by atoms with Crippen molar-refractivity contribution in [1.82, 2.24) is 14.5 Å². The average molecular weight is 464 g/mol. The van der Waals surface area contributed by atoms with Gasteiger partial charge in [0.15, 0.2) is 11.5 Å². The van der Waals surface area contributed by atoms with Crippen LogP contribution in [0.1, 0.15) is 12.8 Å². The number of aromatic nitrogens is 2. The van der Waals surface area contributed by atoms with Crippen molar-refractivity contribution in [3.63, 3.8) is 0 Å². The van der Waals surface area contributed by atoms with Gasteiger partial charge in [0.2, 0.25) is 0 Å². The molecule has 3 heterocycles. The van der Waals surface area contributed by atoms with Gasteiger partial charge in [-0.3, -0.25) is 14.3 Å². The molecule has 2 aromatic heterocycles. The highest BCUT2D eigenvalue weighted by atomic mass is 32.1. The third-order valence-electron chi connectivity index (χ3n) is 5.88.